The first-order chi connectivity index (χ1) is 20.3. The van der Waals surface area contributed by atoms with Crippen LogP contribution in [0.1, 0.15) is 17.0 Å². The first-order valence-electron chi connectivity index (χ1n) is 13.2. The number of rotatable bonds is 4. The minimum atomic E-state index is -1.13. The van der Waals surface area contributed by atoms with Crippen molar-refractivity contribution < 1.29 is 28.8 Å². The summed E-state index contributed by atoms with van der Waals surface area (Å²) in [5, 5.41) is 13.3. The van der Waals surface area contributed by atoms with Crippen LogP contribution in [0.15, 0.2) is 84.9 Å². The van der Waals surface area contributed by atoms with Gasteiger partial charge in [0.15, 0.2) is 0 Å². The number of methoxy groups -OCH3 is 1. The Morgan fingerprint density at radius 3 is 2.40 bits per heavy atom. The van der Waals surface area contributed by atoms with E-state index in [1.807, 2.05) is 48.5 Å². The van der Waals surface area contributed by atoms with Gasteiger partial charge in [-0.2, -0.15) is 0 Å². The number of imide groups is 1. The van der Waals surface area contributed by atoms with Gasteiger partial charge in [0.05, 0.1) is 40.5 Å². The van der Waals surface area contributed by atoms with Gasteiger partial charge < -0.3 is 9.47 Å². The summed E-state index contributed by atoms with van der Waals surface area (Å²) < 4.78 is 11.1. The van der Waals surface area contributed by atoms with Crippen molar-refractivity contribution in [3.05, 3.63) is 111 Å². The standard InChI is InChI=1S/C32H21ClN2O7/c1-41-19-10-6-17(7-11-19)21-15-22-26-20-5-3-2-4-16(20)8-13-25(26)42-32(38)28(22)29-27(21)30(36)34(31(29)37)24-14-18(35(39)40)9-12-23(24)33/h2-15,21,27-29H,1H3/t21-,27-,28-,29+/m0/s1. The van der Waals surface area contributed by atoms with E-state index in [4.69, 9.17) is 21.1 Å². The highest BCUT2D eigenvalue weighted by atomic mass is 35.5. The van der Waals surface area contributed by atoms with Crippen molar-refractivity contribution in [2.45, 2.75) is 5.92 Å². The van der Waals surface area contributed by atoms with Gasteiger partial charge in [0, 0.05) is 23.6 Å². The summed E-state index contributed by atoms with van der Waals surface area (Å²) in [6.07, 6.45) is 1.89. The molecule has 2 heterocycles. The van der Waals surface area contributed by atoms with Crippen LogP contribution in [0.25, 0.3) is 16.3 Å². The first kappa shape index (κ1) is 25.9. The predicted octanol–water partition coefficient (Wildman–Crippen LogP) is 5.93. The number of carbonyl (C=O) groups excluding carboxylic acids is 3. The Balaban J connectivity index is 1.46. The number of anilines is 1. The highest BCUT2D eigenvalue weighted by Gasteiger charge is 2.60. The van der Waals surface area contributed by atoms with E-state index in [2.05, 4.69) is 0 Å². The lowest BCUT2D eigenvalue weighted by molar-refractivity contribution is -0.384. The molecule has 3 aliphatic rings. The Bertz CT molecular complexity index is 1880. The average molecular weight is 581 g/mol. The summed E-state index contributed by atoms with van der Waals surface area (Å²) >= 11 is 6.41. The van der Waals surface area contributed by atoms with Crippen LogP contribution in [0, 0.1) is 27.9 Å². The molecule has 2 amide bonds. The van der Waals surface area contributed by atoms with Crippen LogP contribution in [-0.4, -0.2) is 29.8 Å². The number of hydrogen-bond donors (Lipinski definition) is 0. The molecule has 0 spiro atoms. The van der Waals surface area contributed by atoms with Gasteiger partial charge in [-0.05, 0) is 46.2 Å². The van der Waals surface area contributed by atoms with E-state index in [1.165, 1.54) is 12.1 Å². The monoisotopic (exact) mass is 580 g/mol. The number of esters is 1. The molecule has 9 nitrogen and oxygen atoms in total. The number of nitrogens with zero attached hydrogens (tertiary/aromatic N) is 2. The lowest BCUT2D eigenvalue weighted by atomic mass is 9.64. The Hall–Kier alpha value is -5.02. The van der Waals surface area contributed by atoms with Gasteiger partial charge in [-0.15, -0.1) is 0 Å². The smallest absolute Gasteiger partial charge is 0.319 e. The summed E-state index contributed by atoms with van der Waals surface area (Å²) in [5.74, 6) is -4.69. The van der Waals surface area contributed by atoms with Gasteiger partial charge in [0.1, 0.15) is 11.5 Å². The molecule has 1 saturated heterocycles. The Kier molecular flexibility index (Phi) is 5.88. The quantitative estimate of drug-likeness (QED) is 0.0965. The zero-order chi connectivity index (χ0) is 29.3. The number of hydrogen-bond acceptors (Lipinski definition) is 7. The number of amides is 2. The summed E-state index contributed by atoms with van der Waals surface area (Å²) in [6.45, 7) is 0. The molecule has 4 aromatic rings. The second-order valence-electron chi connectivity index (χ2n) is 10.4. The second-order valence-corrected chi connectivity index (χ2v) is 10.8. The third kappa shape index (κ3) is 3.74. The molecule has 1 fully saturated rings. The van der Waals surface area contributed by atoms with E-state index in [9.17, 15) is 24.5 Å². The number of ether oxygens (including phenoxy) is 2. The fourth-order valence-corrected chi connectivity index (χ4v) is 6.71. The third-order valence-electron chi connectivity index (χ3n) is 8.36. The maximum absolute atomic E-state index is 14.3. The normalized spacial score (nSPS) is 22.7. The molecule has 1 aliphatic carbocycles. The zero-order valence-electron chi connectivity index (χ0n) is 22.0. The van der Waals surface area contributed by atoms with E-state index < -0.39 is 46.4 Å². The predicted molar refractivity (Wildman–Crippen MR) is 154 cm³/mol. The maximum Gasteiger partial charge on any atom is 0.319 e. The van der Waals surface area contributed by atoms with Gasteiger partial charge in [0.2, 0.25) is 11.8 Å². The topological polar surface area (TPSA) is 116 Å². The Morgan fingerprint density at radius 1 is 0.929 bits per heavy atom. The van der Waals surface area contributed by atoms with Gasteiger partial charge in [-0.1, -0.05) is 60.1 Å². The number of fused-ring (bicyclic) bond motifs is 7. The minimum Gasteiger partial charge on any atom is -0.497 e. The molecule has 4 aromatic carbocycles. The fraction of sp³-hybridized carbons (Fsp3) is 0.156. The van der Waals surface area contributed by atoms with Crippen LogP contribution in [0.5, 0.6) is 11.5 Å². The van der Waals surface area contributed by atoms with Crippen molar-refractivity contribution in [1.29, 1.82) is 0 Å². The fourth-order valence-electron chi connectivity index (χ4n) is 6.51. The Labute approximate surface area is 244 Å². The number of carbonyl (C=O) groups is 3. The lowest BCUT2D eigenvalue weighted by Crippen LogP contribution is -2.42. The number of nitro groups is 1. The molecule has 208 valence electrons. The average Bonchev–Trinajstić information content (AvgIpc) is 3.26. The van der Waals surface area contributed by atoms with Crippen molar-refractivity contribution in [1.82, 2.24) is 0 Å². The van der Waals surface area contributed by atoms with Crippen molar-refractivity contribution in [3.8, 4) is 11.5 Å². The largest absolute Gasteiger partial charge is 0.497 e. The molecule has 7 rings (SSSR count). The minimum absolute atomic E-state index is 0.00214. The van der Waals surface area contributed by atoms with Crippen LogP contribution in [0.4, 0.5) is 11.4 Å². The molecule has 0 radical (unpaired) electrons. The van der Waals surface area contributed by atoms with E-state index in [1.54, 1.807) is 25.3 Å². The lowest BCUT2D eigenvalue weighted by Gasteiger charge is -2.38. The molecular weight excluding hydrogens is 560 g/mol. The number of nitro benzene ring substituents is 1. The zero-order valence-corrected chi connectivity index (χ0v) is 22.8. The third-order valence-corrected chi connectivity index (χ3v) is 8.68. The van der Waals surface area contributed by atoms with Crippen LogP contribution in [0.3, 0.4) is 0 Å². The van der Waals surface area contributed by atoms with Crippen molar-refractivity contribution in [2.24, 2.45) is 17.8 Å². The summed E-state index contributed by atoms with van der Waals surface area (Å²) in [5.41, 5.74) is 1.62. The van der Waals surface area contributed by atoms with Crippen LogP contribution in [-0.2, 0) is 14.4 Å². The SMILES string of the molecule is COc1ccc([C@@H]2C=C3c4c(ccc5ccccc45)OC(=O)[C@@H]3[C@@H]3C(=O)N(c4cc([N+](=O)[O-])ccc4Cl)C(=O)[C@H]32)cc1. The number of halogens is 1. The molecule has 0 N–H and O–H groups in total. The second kappa shape index (κ2) is 9.53. The van der Waals surface area contributed by atoms with Gasteiger partial charge in [0.25, 0.3) is 5.69 Å². The molecule has 4 atom stereocenters. The molecule has 42 heavy (non-hydrogen) atoms. The first-order valence-corrected chi connectivity index (χ1v) is 13.6. The van der Waals surface area contributed by atoms with Crippen LogP contribution in [0.2, 0.25) is 5.02 Å². The molecule has 0 bridgehead atoms. The highest BCUT2D eigenvalue weighted by Crippen LogP contribution is 2.56. The van der Waals surface area contributed by atoms with E-state index >= 15 is 0 Å². The van der Waals surface area contributed by atoms with Crippen molar-refractivity contribution in [2.75, 3.05) is 12.0 Å². The Morgan fingerprint density at radius 2 is 1.67 bits per heavy atom. The van der Waals surface area contributed by atoms with Crippen LogP contribution >= 0.6 is 11.6 Å². The summed E-state index contributed by atoms with van der Waals surface area (Å²) in [4.78, 5) is 53.9. The number of benzene rings is 4. The number of non-ortho nitro benzene ring substituents is 1. The van der Waals surface area contributed by atoms with E-state index in [-0.39, 0.29) is 16.4 Å². The van der Waals surface area contributed by atoms with E-state index in [0.717, 1.165) is 27.3 Å². The van der Waals surface area contributed by atoms with Gasteiger partial charge >= 0.3 is 5.97 Å². The van der Waals surface area contributed by atoms with Crippen molar-refractivity contribution >= 4 is 57.1 Å². The molecule has 0 saturated carbocycles. The molecule has 10 heteroatoms. The summed E-state index contributed by atoms with van der Waals surface area (Å²) in [6, 6.07) is 22.0. The molecule has 0 unspecified atom stereocenters. The summed E-state index contributed by atoms with van der Waals surface area (Å²) in [7, 11) is 1.55. The van der Waals surface area contributed by atoms with Crippen molar-refractivity contribution in [3.63, 3.8) is 0 Å². The molecular formula is C32H21ClN2O7. The van der Waals surface area contributed by atoms with Gasteiger partial charge in [-0.25, -0.2) is 4.90 Å². The number of allylic oxidation sites excluding steroid dienone is 1. The molecule has 0 aromatic heterocycles. The van der Waals surface area contributed by atoms with E-state index in [0.29, 0.717) is 22.6 Å². The highest BCUT2D eigenvalue weighted by molar-refractivity contribution is 6.36. The molecule has 2 aliphatic heterocycles. The maximum atomic E-state index is 14.3. The van der Waals surface area contributed by atoms with Gasteiger partial charge in [-0.3, -0.25) is 24.5 Å². The van der Waals surface area contributed by atoms with Crippen LogP contribution < -0.4 is 14.4 Å².